The van der Waals surface area contributed by atoms with E-state index in [1.807, 2.05) is 83.9 Å². The number of anilines is 4. The summed E-state index contributed by atoms with van der Waals surface area (Å²) in [5, 5.41) is 48.6. The van der Waals surface area contributed by atoms with Gasteiger partial charge in [-0.1, -0.05) is 41.4 Å². The second-order valence-corrected chi connectivity index (χ2v) is 27.2. The van der Waals surface area contributed by atoms with Gasteiger partial charge in [0.1, 0.15) is 28.6 Å². The molecule has 8 amide bonds. The van der Waals surface area contributed by atoms with E-state index in [4.69, 9.17) is 42.5 Å². The van der Waals surface area contributed by atoms with Crippen molar-refractivity contribution in [2.75, 3.05) is 40.1 Å². The van der Waals surface area contributed by atoms with Crippen LogP contribution in [0, 0.1) is 15.2 Å². The lowest BCUT2D eigenvalue weighted by Gasteiger charge is -2.36. The number of rotatable bonds is 5. The van der Waals surface area contributed by atoms with E-state index in [0.717, 1.165) is 27.2 Å². The van der Waals surface area contributed by atoms with Gasteiger partial charge < -0.3 is 54.9 Å². The maximum absolute atomic E-state index is 13.3. The van der Waals surface area contributed by atoms with Gasteiger partial charge >= 0.3 is 24.3 Å². The maximum Gasteiger partial charge on any atom is 0.417 e. The van der Waals surface area contributed by atoms with Gasteiger partial charge in [-0.3, -0.25) is 43.5 Å². The summed E-state index contributed by atoms with van der Waals surface area (Å²) in [5.74, 6) is -1.02. The number of hydrogen-bond donors (Lipinski definition) is 6. The second-order valence-electron chi connectivity index (χ2n) is 25.2. The van der Waals surface area contributed by atoms with Gasteiger partial charge in [-0.25, -0.2) is 28.0 Å². The summed E-state index contributed by atoms with van der Waals surface area (Å²) in [7, 11) is 0. The van der Waals surface area contributed by atoms with Crippen molar-refractivity contribution in [1.29, 1.82) is 0 Å². The van der Waals surface area contributed by atoms with Gasteiger partial charge in [0, 0.05) is 17.9 Å². The molecule has 0 bridgehead atoms. The molecule has 6 N–H and O–H groups in total. The SMILES string of the molecule is C[C@H]1Cn2ncc(I)c2CN1C(=O)OC(C)(C)C.C[C@H]1Cn2ncc(N3CC(O)CC3=O)c2CN1C(=O)Nc1ccc(F)c(Cl)c1.C[C@H]1Cn2ncc(N3CC(O)CC3=O)c2CN1C(=O)OC(C)(C)C.O=C(Nc1ccc(F)c(Cl)c1)Oc1ccccc1.O=C1CC(O)CN1. The zero-order valence-electron chi connectivity index (χ0n) is 53.8. The summed E-state index contributed by atoms with van der Waals surface area (Å²) in [6, 6.07) is 16.0. The third kappa shape index (κ3) is 19.5. The normalized spacial score (nSPS) is 20.4. The molecule has 512 valence electrons. The molecule has 6 aliphatic heterocycles. The third-order valence-corrected chi connectivity index (χ3v) is 16.7. The number of aromatic nitrogens is 6. The first-order chi connectivity index (χ1) is 44.7. The molecule has 12 rings (SSSR count). The summed E-state index contributed by atoms with van der Waals surface area (Å²) in [6.45, 7) is 20.8. The Labute approximate surface area is 570 Å². The molecule has 27 nitrogen and oxygen atoms in total. The molecular formula is C63H77Cl2F2IN14O13. The van der Waals surface area contributed by atoms with Crippen molar-refractivity contribution in [1.82, 2.24) is 49.4 Å². The number of benzene rings is 3. The first-order valence-corrected chi connectivity index (χ1v) is 32.3. The molecule has 0 radical (unpaired) electrons. The molecule has 6 aliphatic rings. The Hall–Kier alpha value is -8.17. The molecule has 0 saturated carbocycles. The molecule has 6 atom stereocenters. The van der Waals surface area contributed by atoms with Crippen molar-refractivity contribution < 1.29 is 71.9 Å². The van der Waals surface area contributed by atoms with E-state index in [2.05, 4.69) is 53.8 Å². The summed E-state index contributed by atoms with van der Waals surface area (Å²) in [6.07, 6.45) is 2.46. The minimum Gasteiger partial charge on any atom is -0.444 e. The Morgan fingerprint density at radius 1 is 0.589 bits per heavy atom. The minimum absolute atomic E-state index is 0.0486. The standard InChI is InChI=1S/C18H19ClFN5O3.C16H24N4O4.C13H9ClFNO2.C12H18IN3O2.C4H7NO2/c1-10-7-25-16(15(6-21-25)24-8-12(26)5-17(24)27)9-23(10)18(28)22-11-2-3-14(20)13(19)4-11;1-10-7-20-13(9-18(10)15(23)24-16(2,3)4)12(6-17-20)19-8-11(21)5-14(19)22;14-11-8-9(6-7-12(11)15)16-13(17)18-10-4-2-1-3-5-10;1-8-6-16-10(9(13)5-14-16)7-15(8)11(17)18-12(2,3)4;6-3-1-4(7)5-2-3/h2-4,6,10,12,26H,5,7-9H2,1H3,(H,22,28);6,10-11,21H,5,7-9H2,1-4H3;1-8H,(H,16,17);5,8H,6-7H2,1-4H3;3,6H,1-2H2,(H,5,7)/t10-,12?;10-,11?;;8-;/m00.0./s1. The lowest BCUT2D eigenvalue weighted by Crippen LogP contribution is -2.47. The summed E-state index contributed by atoms with van der Waals surface area (Å²) < 4.78 is 48.8. The Morgan fingerprint density at radius 2 is 1.02 bits per heavy atom. The van der Waals surface area contributed by atoms with Crippen molar-refractivity contribution in [2.24, 2.45) is 0 Å². The van der Waals surface area contributed by atoms with E-state index in [0.29, 0.717) is 61.2 Å². The highest BCUT2D eigenvalue weighted by Crippen LogP contribution is 2.34. The number of carbonyl (C=O) groups excluding carboxylic acids is 7. The predicted molar refractivity (Wildman–Crippen MR) is 354 cm³/mol. The van der Waals surface area contributed by atoms with Crippen molar-refractivity contribution in [3.8, 4) is 5.75 Å². The molecule has 3 saturated heterocycles. The van der Waals surface area contributed by atoms with E-state index in [9.17, 15) is 52.6 Å². The molecule has 32 heteroatoms. The van der Waals surface area contributed by atoms with Gasteiger partial charge in [0.15, 0.2) is 0 Å². The average molecular weight is 1470 g/mol. The first kappa shape index (κ1) is 72.7. The lowest BCUT2D eigenvalue weighted by molar-refractivity contribution is -0.120. The largest absolute Gasteiger partial charge is 0.444 e. The number of aliphatic hydroxyl groups excluding tert-OH is 3. The molecule has 0 spiro atoms. The first-order valence-electron chi connectivity index (χ1n) is 30.4. The number of nitrogens with one attached hydrogen (secondary N) is 3. The molecule has 0 aliphatic carbocycles. The van der Waals surface area contributed by atoms with E-state index < -0.39 is 47.2 Å². The van der Waals surface area contributed by atoms with Crippen molar-refractivity contribution >= 4 is 111 Å². The van der Waals surface area contributed by atoms with E-state index in [-0.39, 0.29) is 103 Å². The highest BCUT2D eigenvalue weighted by atomic mass is 127. The number of para-hydroxylation sites is 1. The van der Waals surface area contributed by atoms with Gasteiger partial charge in [0.05, 0.1) is 169 Å². The summed E-state index contributed by atoms with van der Waals surface area (Å²) >= 11 is 13.6. The average Bonchev–Trinajstić information content (AvgIpc) is 1.66. The van der Waals surface area contributed by atoms with Crippen LogP contribution in [0.2, 0.25) is 10.0 Å². The Bertz CT molecular complexity index is 3770. The second kappa shape index (κ2) is 31.1. The quantitative estimate of drug-likeness (QED) is 0.0878. The van der Waals surface area contributed by atoms with Crippen LogP contribution < -0.4 is 30.5 Å². The molecule has 3 fully saturated rings. The number of fused-ring (bicyclic) bond motifs is 3. The fourth-order valence-electron chi connectivity index (χ4n) is 10.5. The Morgan fingerprint density at radius 3 is 1.43 bits per heavy atom. The van der Waals surface area contributed by atoms with Crippen LogP contribution in [0.5, 0.6) is 5.75 Å². The van der Waals surface area contributed by atoms with Gasteiger partial charge in [-0.2, -0.15) is 15.3 Å². The number of hydrogen-bond acceptors (Lipinski definition) is 16. The fraction of sp³-hybridized carbons (Fsp3) is 0.460. The Kier molecular flexibility index (Phi) is 23.8. The number of urea groups is 1. The van der Waals surface area contributed by atoms with Crippen LogP contribution in [0.1, 0.15) is 98.7 Å². The molecule has 9 heterocycles. The predicted octanol–water partition coefficient (Wildman–Crippen LogP) is 8.91. The van der Waals surface area contributed by atoms with E-state index >= 15 is 0 Å². The van der Waals surface area contributed by atoms with Crippen molar-refractivity contribution in [2.45, 2.75) is 168 Å². The van der Waals surface area contributed by atoms with Gasteiger partial charge in [-0.15, -0.1) is 0 Å². The molecule has 3 aromatic carbocycles. The highest BCUT2D eigenvalue weighted by Gasteiger charge is 2.39. The van der Waals surface area contributed by atoms with Crippen LogP contribution in [0.15, 0.2) is 85.3 Å². The number of amides is 8. The number of halogens is 5. The zero-order chi connectivity index (χ0) is 69.4. The van der Waals surface area contributed by atoms with E-state index in [1.54, 1.807) is 60.9 Å². The molecule has 6 aromatic rings. The number of ether oxygens (including phenoxy) is 3. The monoisotopic (exact) mass is 1470 g/mol. The van der Waals surface area contributed by atoms with Crippen LogP contribution >= 0.6 is 45.8 Å². The summed E-state index contributed by atoms with van der Waals surface area (Å²) in [5.41, 5.74) is 3.61. The zero-order valence-corrected chi connectivity index (χ0v) is 57.4. The fourth-order valence-corrected chi connectivity index (χ4v) is 11.4. The topological polar surface area (TPSA) is 314 Å². The molecular weight excluding hydrogens is 1400 g/mol. The van der Waals surface area contributed by atoms with Crippen LogP contribution in [-0.2, 0) is 63.1 Å². The van der Waals surface area contributed by atoms with Crippen LogP contribution in [-0.4, -0.2) is 169 Å². The highest BCUT2D eigenvalue weighted by molar-refractivity contribution is 14.1. The number of β-amino-alcohol motifs (C(OH)–C–C–N with tert-alkyl or cyclic N) is 3. The van der Waals surface area contributed by atoms with Crippen molar-refractivity contribution in [3.63, 3.8) is 0 Å². The maximum atomic E-state index is 13.3. The van der Waals surface area contributed by atoms with E-state index in [1.165, 1.54) is 41.3 Å². The van der Waals surface area contributed by atoms with Crippen LogP contribution in [0.3, 0.4) is 0 Å². The molecule has 3 aromatic heterocycles. The minimum atomic E-state index is -0.701. The van der Waals surface area contributed by atoms with Crippen LogP contribution in [0.4, 0.5) is 50.7 Å². The van der Waals surface area contributed by atoms with Gasteiger partial charge in [-0.05, 0) is 133 Å². The molecule has 3 unspecified atom stereocenters. The van der Waals surface area contributed by atoms with Crippen molar-refractivity contribution in [3.05, 3.63) is 128 Å². The summed E-state index contributed by atoms with van der Waals surface area (Å²) in [4.78, 5) is 91.4. The van der Waals surface area contributed by atoms with Gasteiger partial charge in [0.25, 0.3) is 0 Å². The smallest absolute Gasteiger partial charge is 0.417 e. The number of carbonyl (C=O) groups is 7. The molecule has 95 heavy (non-hydrogen) atoms. The number of nitrogens with zero attached hydrogens (tertiary/aromatic N) is 11. The third-order valence-electron chi connectivity index (χ3n) is 15.2. The Balaban J connectivity index is 0.000000159. The van der Waals surface area contributed by atoms with Crippen LogP contribution in [0.25, 0.3) is 0 Å². The lowest BCUT2D eigenvalue weighted by atomic mass is 10.2. The van der Waals surface area contributed by atoms with Gasteiger partial charge in [0.2, 0.25) is 17.7 Å². The number of aliphatic hydroxyl groups is 3.